The molecule has 0 aliphatic carbocycles. The highest BCUT2D eigenvalue weighted by Crippen LogP contribution is 2.44. The average molecular weight is 445 g/mol. The van der Waals surface area contributed by atoms with E-state index in [1.807, 2.05) is 24.4 Å². The van der Waals surface area contributed by atoms with E-state index in [4.69, 9.17) is 15.2 Å². The van der Waals surface area contributed by atoms with Gasteiger partial charge < -0.3 is 20.5 Å². The Morgan fingerprint density at radius 2 is 2.09 bits per heavy atom. The second-order valence-electron chi connectivity index (χ2n) is 8.44. The Morgan fingerprint density at radius 1 is 1.18 bits per heavy atom. The van der Waals surface area contributed by atoms with Crippen LogP contribution >= 0.6 is 0 Å². The van der Waals surface area contributed by atoms with Crippen LogP contribution in [0, 0.1) is 5.82 Å². The minimum Gasteiger partial charge on any atom is -0.494 e. The van der Waals surface area contributed by atoms with Crippen LogP contribution in [0.3, 0.4) is 0 Å². The first kappa shape index (κ1) is 20.0. The maximum Gasteiger partial charge on any atom is 0.151 e. The first-order valence-corrected chi connectivity index (χ1v) is 11.1. The van der Waals surface area contributed by atoms with Crippen LogP contribution in [0.1, 0.15) is 36.6 Å². The Bertz CT molecular complexity index is 1420. The van der Waals surface area contributed by atoms with Gasteiger partial charge in [-0.15, -0.1) is 0 Å². The number of nitrogens with two attached hydrogens (primary N) is 1. The summed E-state index contributed by atoms with van der Waals surface area (Å²) in [6, 6.07) is 9.09. The van der Waals surface area contributed by atoms with E-state index in [-0.39, 0.29) is 12.0 Å². The van der Waals surface area contributed by atoms with Crippen LogP contribution in [0.15, 0.2) is 48.4 Å². The molecule has 0 saturated carbocycles. The van der Waals surface area contributed by atoms with E-state index in [0.717, 1.165) is 52.6 Å². The molecule has 0 spiro atoms. The maximum atomic E-state index is 14.8. The Labute approximate surface area is 190 Å². The lowest BCUT2D eigenvalue weighted by atomic mass is 9.88. The van der Waals surface area contributed by atoms with Gasteiger partial charge in [0.15, 0.2) is 5.82 Å². The predicted molar refractivity (Wildman–Crippen MR) is 126 cm³/mol. The molecule has 1 fully saturated rings. The number of benzene rings is 2. The Balaban J connectivity index is 1.58. The highest BCUT2D eigenvalue weighted by Gasteiger charge is 2.26. The van der Waals surface area contributed by atoms with Crippen molar-refractivity contribution in [2.45, 2.75) is 25.5 Å². The number of hydrogen-bond acceptors (Lipinski definition) is 6. The van der Waals surface area contributed by atoms with Crippen molar-refractivity contribution < 1.29 is 13.9 Å². The van der Waals surface area contributed by atoms with Gasteiger partial charge in [0, 0.05) is 46.6 Å². The molecule has 7 nitrogen and oxygen atoms in total. The van der Waals surface area contributed by atoms with Gasteiger partial charge in [0.05, 0.1) is 19.3 Å². The number of methoxy groups -OCH3 is 1. The van der Waals surface area contributed by atoms with Gasteiger partial charge in [-0.25, -0.2) is 9.07 Å². The number of fused-ring (bicyclic) bond motifs is 4. The number of nitrogens with zero attached hydrogens (tertiary/aromatic N) is 3. The van der Waals surface area contributed by atoms with E-state index in [1.165, 1.54) is 6.07 Å². The lowest BCUT2D eigenvalue weighted by molar-refractivity contribution is -0.0391. The molecule has 1 unspecified atom stereocenters. The van der Waals surface area contributed by atoms with E-state index in [2.05, 4.69) is 15.4 Å². The van der Waals surface area contributed by atoms with Gasteiger partial charge in [-0.1, -0.05) is 6.07 Å². The molecule has 33 heavy (non-hydrogen) atoms. The molecule has 2 aliphatic heterocycles. The molecule has 3 N–H and O–H groups in total. The number of anilines is 1. The van der Waals surface area contributed by atoms with E-state index in [1.54, 1.807) is 24.1 Å². The summed E-state index contributed by atoms with van der Waals surface area (Å²) in [5.41, 5.74) is 11.8. The fraction of sp³-hybridized carbons (Fsp3) is 0.280. The summed E-state index contributed by atoms with van der Waals surface area (Å²) in [5.74, 6) is 0.292. The van der Waals surface area contributed by atoms with E-state index in [9.17, 15) is 4.39 Å². The molecule has 6 rings (SSSR count). The fourth-order valence-corrected chi connectivity index (χ4v) is 4.91. The van der Waals surface area contributed by atoms with Crippen molar-refractivity contribution in [1.29, 1.82) is 0 Å². The number of nitrogens with one attached hydrogen (secondary N) is 1. The second kappa shape index (κ2) is 7.74. The summed E-state index contributed by atoms with van der Waals surface area (Å²) >= 11 is 0. The fourth-order valence-electron chi connectivity index (χ4n) is 4.91. The quantitative estimate of drug-likeness (QED) is 0.480. The zero-order valence-corrected chi connectivity index (χ0v) is 18.3. The van der Waals surface area contributed by atoms with Gasteiger partial charge in [-0.2, -0.15) is 5.10 Å². The number of halogens is 1. The molecular formula is C25H24FN5O2. The molecule has 2 aromatic carbocycles. The van der Waals surface area contributed by atoms with Crippen molar-refractivity contribution in [2.24, 2.45) is 5.73 Å². The zero-order chi connectivity index (χ0) is 22.5. The van der Waals surface area contributed by atoms with Crippen LogP contribution in [0.25, 0.3) is 27.4 Å². The van der Waals surface area contributed by atoms with Crippen molar-refractivity contribution >= 4 is 33.1 Å². The summed E-state index contributed by atoms with van der Waals surface area (Å²) < 4.78 is 28.1. The molecule has 168 valence electrons. The molecule has 2 aliphatic rings. The molecule has 0 bridgehead atoms. The summed E-state index contributed by atoms with van der Waals surface area (Å²) in [5, 5.41) is 9.64. The number of hydrogen-bond donors (Lipinski definition) is 2. The third-order valence-electron chi connectivity index (χ3n) is 6.49. The highest BCUT2D eigenvalue weighted by molar-refractivity contribution is 6.08. The van der Waals surface area contributed by atoms with Crippen LogP contribution in [0.4, 0.5) is 10.1 Å². The van der Waals surface area contributed by atoms with Crippen molar-refractivity contribution in [1.82, 2.24) is 14.8 Å². The minimum absolute atomic E-state index is 0.180. The maximum absolute atomic E-state index is 14.8. The van der Waals surface area contributed by atoms with Crippen LogP contribution in [0.2, 0.25) is 0 Å². The third-order valence-corrected chi connectivity index (χ3v) is 6.49. The lowest BCUT2D eigenvalue weighted by Crippen LogP contribution is -2.20. The average Bonchev–Trinajstić information content (AvgIpc) is 3.31. The van der Waals surface area contributed by atoms with Crippen molar-refractivity contribution in [3.05, 3.63) is 65.4 Å². The van der Waals surface area contributed by atoms with Crippen LogP contribution in [-0.2, 0) is 4.74 Å². The highest BCUT2D eigenvalue weighted by atomic mass is 19.1. The number of aromatic nitrogens is 3. The minimum atomic E-state index is -0.364. The lowest BCUT2D eigenvalue weighted by Gasteiger charge is -2.26. The van der Waals surface area contributed by atoms with Gasteiger partial charge in [-0.3, -0.25) is 4.98 Å². The summed E-state index contributed by atoms with van der Waals surface area (Å²) in [6.45, 7) is 1.16. The molecule has 1 atom stereocenters. The molecule has 0 amide bonds. The van der Waals surface area contributed by atoms with Crippen molar-refractivity contribution in [3.63, 3.8) is 0 Å². The van der Waals surface area contributed by atoms with Crippen molar-refractivity contribution in [2.75, 3.05) is 25.6 Å². The van der Waals surface area contributed by atoms with Gasteiger partial charge in [0.25, 0.3) is 0 Å². The standard InChI is InChI=1S/C25H24FN5O2/c1-32-20-11-16-22(19(27)12-29-23(16)15-5-4-9-28-25(15)20)14-7-8-18(26)24-17(14)13-31(30-24)21-6-2-3-10-33-21/h4-5,7-9,11,13,21,29H,2-3,6,10,12,27H2,1H3. The molecular weight excluding hydrogens is 421 g/mol. The molecule has 8 heteroatoms. The van der Waals surface area contributed by atoms with Gasteiger partial charge in [0.1, 0.15) is 23.0 Å². The number of ether oxygens (including phenoxy) is 2. The van der Waals surface area contributed by atoms with Crippen LogP contribution in [-0.4, -0.2) is 35.0 Å². The Morgan fingerprint density at radius 3 is 2.91 bits per heavy atom. The normalized spacial score (nSPS) is 18.4. The topological polar surface area (TPSA) is 87.2 Å². The Hall–Kier alpha value is -3.65. The zero-order valence-electron chi connectivity index (χ0n) is 18.3. The summed E-state index contributed by atoms with van der Waals surface area (Å²) in [6.07, 6.45) is 6.41. The first-order chi connectivity index (χ1) is 16.2. The van der Waals surface area contributed by atoms with Gasteiger partial charge >= 0.3 is 0 Å². The number of pyridine rings is 1. The molecule has 4 aromatic rings. The van der Waals surface area contributed by atoms with Crippen LogP contribution < -0.4 is 15.8 Å². The smallest absolute Gasteiger partial charge is 0.151 e. The SMILES string of the molecule is COc1cc2c(c3cccnc13)NCC(N)=C2c1ccc(F)c2nn(C3CCCCO3)cc12. The van der Waals surface area contributed by atoms with E-state index < -0.39 is 0 Å². The van der Waals surface area contributed by atoms with Crippen LogP contribution in [0.5, 0.6) is 5.75 Å². The first-order valence-electron chi connectivity index (χ1n) is 11.1. The molecule has 0 radical (unpaired) electrons. The second-order valence-corrected chi connectivity index (χ2v) is 8.44. The third kappa shape index (κ3) is 3.13. The predicted octanol–water partition coefficient (Wildman–Crippen LogP) is 4.57. The van der Waals surface area contributed by atoms with E-state index >= 15 is 0 Å². The Kier molecular flexibility index (Phi) is 4.69. The largest absolute Gasteiger partial charge is 0.494 e. The molecule has 4 heterocycles. The number of rotatable bonds is 3. The molecule has 1 saturated heterocycles. The van der Waals surface area contributed by atoms with Gasteiger partial charge in [-0.05, 0) is 49.1 Å². The van der Waals surface area contributed by atoms with Crippen molar-refractivity contribution in [3.8, 4) is 5.75 Å². The van der Waals surface area contributed by atoms with Gasteiger partial charge in [0.2, 0.25) is 0 Å². The monoisotopic (exact) mass is 445 g/mol. The molecule has 2 aromatic heterocycles. The van der Waals surface area contributed by atoms with E-state index in [0.29, 0.717) is 35.5 Å². The summed E-state index contributed by atoms with van der Waals surface area (Å²) in [7, 11) is 1.63. The summed E-state index contributed by atoms with van der Waals surface area (Å²) in [4.78, 5) is 4.50.